The van der Waals surface area contributed by atoms with E-state index in [0.29, 0.717) is 25.6 Å². The second kappa shape index (κ2) is 10.3. The Morgan fingerprint density at radius 1 is 1.16 bits per heavy atom. The molecule has 0 aromatic heterocycles. The molecule has 2 rings (SSSR count). The van der Waals surface area contributed by atoms with Crippen LogP contribution >= 0.6 is 15.9 Å². The van der Waals surface area contributed by atoms with Crippen LogP contribution in [-0.2, 0) is 14.3 Å². The third kappa shape index (κ3) is 6.94. The second-order valence-corrected chi connectivity index (χ2v) is 6.80. The molecule has 6 nitrogen and oxygen atoms in total. The third-order valence-electron chi connectivity index (χ3n) is 4.10. The maximum Gasteiger partial charge on any atom is 0.410 e. The fraction of sp³-hybridized carbons (Fsp3) is 0.556. The summed E-state index contributed by atoms with van der Waals surface area (Å²) in [5.74, 6) is 0.878. The maximum atomic E-state index is 11.9. The van der Waals surface area contributed by atoms with Gasteiger partial charge in [0.05, 0.1) is 13.2 Å². The van der Waals surface area contributed by atoms with Gasteiger partial charge in [0.1, 0.15) is 5.75 Å². The first-order valence-corrected chi connectivity index (χ1v) is 9.33. The number of esters is 1. The Labute approximate surface area is 156 Å². The molecule has 1 fully saturated rings. The summed E-state index contributed by atoms with van der Waals surface area (Å²) in [7, 11) is 0. The number of ether oxygens (including phenoxy) is 3. The zero-order valence-corrected chi connectivity index (χ0v) is 16.0. The van der Waals surface area contributed by atoms with E-state index >= 15 is 0 Å². The molecule has 25 heavy (non-hydrogen) atoms. The Hall–Kier alpha value is -1.76. The summed E-state index contributed by atoms with van der Waals surface area (Å²) >= 11 is 3.40. The van der Waals surface area contributed by atoms with Gasteiger partial charge >= 0.3 is 12.1 Å². The maximum absolute atomic E-state index is 11.9. The lowest BCUT2D eigenvalue weighted by Crippen LogP contribution is -2.39. The van der Waals surface area contributed by atoms with Gasteiger partial charge in [0.2, 0.25) is 0 Å². The highest BCUT2D eigenvalue weighted by molar-refractivity contribution is 9.10. The Bertz CT molecular complexity index is 555. The SMILES string of the molecule is CCOC(=O)COC(=O)N1CCC(CCOc2ccc(Br)cc2)CC1. The van der Waals surface area contributed by atoms with Crippen molar-refractivity contribution in [1.82, 2.24) is 4.90 Å². The standard InChI is InChI=1S/C18H24BrNO5/c1-2-23-17(21)13-25-18(22)20-10-7-14(8-11-20)9-12-24-16-5-3-15(19)4-6-16/h3-6,14H,2,7-13H2,1H3. The van der Waals surface area contributed by atoms with Gasteiger partial charge in [-0.3, -0.25) is 0 Å². The summed E-state index contributed by atoms with van der Waals surface area (Å²) in [6, 6.07) is 7.78. The molecule has 0 radical (unpaired) electrons. The van der Waals surface area contributed by atoms with E-state index < -0.39 is 12.1 Å². The number of halogens is 1. The van der Waals surface area contributed by atoms with Crippen LogP contribution in [0.2, 0.25) is 0 Å². The van der Waals surface area contributed by atoms with E-state index in [2.05, 4.69) is 15.9 Å². The summed E-state index contributed by atoms with van der Waals surface area (Å²) in [5, 5.41) is 0. The number of nitrogens with zero attached hydrogens (tertiary/aromatic N) is 1. The molecule has 0 spiro atoms. The van der Waals surface area contributed by atoms with Gasteiger partial charge in [-0.05, 0) is 56.4 Å². The van der Waals surface area contributed by atoms with Crippen molar-refractivity contribution in [2.45, 2.75) is 26.2 Å². The average Bonchev–Trinajstić information content (AvgIpc) is 2.62. The second-order valence-electron chi connectivity index (χ2n) is 5.88. The molecule has 1 heterocycles. The fourth-order valence-corrected chi connectivity index (χ4v) is 2.96. The summed E-state index contributed by atoms with van der Waals surface area (Å²) < 4.78 is 16.5. The van der Waals surface area contributed by atoms with Gasteiger partial charge in [0, 0.05) is 17.6 Å². The highest BCUT2D eigenvalue weighted by atomic mass is 79.9. The van der Waals surface area contributed by atoms with E-state index in [9.17, 15) is 9.59 Å². The summed E-state index contributed by atoms with van der Waals surface area (Å²) in [6.45, 7) is 3.62. The molecule has 0 aliphatic carbocycles. The van der Waals surface area contributed by atoms with Crippen molar-refractivity contribution in [1.29, 1.82) is 0 Å². The van der Waals surface area contributed by atoms with Crippen LogP contribution in [-0.4, -0.2) is 49.9 Å². The topological polar surface area (TPSA) is 65.1 Å². The number of rotatable bonds is 7. The van der Waals surface area contributed by atoms with E-state index in [4.69, 9.17) is 14.2 Å². The van der Waals surface area contributed by atoms with E-state index in [1.54, 1.807) is 11.8 Å². The number of amides is 1. The van der Waals surface area contributed by atoms with Gasteiger partial charge in [0.15, 0.2) is 6.61 Å². The van der Waals surface area contributed by atoms with Gasteiger partial charge in [-0.2, -0.15) is 0 Å². The Balaban J connectivity index is 1.61. The minimum Gasteiger partial charge on any atom is -0.494 e. The van der Waals surface area contributed by atoms with Gasteiger partial charge in [-0.25, -0.2) is 9.59 Å². The third-order valence-corrected chi connectivity index (χ3v) is 4.63. The van der Waals surface area contributed by atoms with E-state index in [0.717, 1.165) is 29.5 Å². The lowest BCUT2D eigenvalue weighted by molar-refractivity contribution is -0.146. The first-order valence-electron chi connectivity index (χ1n) is 8.54. The molecule has 1 aromatic rings. The van der Waals surface area contributed by atoms with Crippen molar-refractivity contribution < 1.29 is 23.8 Å². The van der Waals surface area contributed by atoms with Gasteiger partial charge < -0.3 is 19.1 Å². The van der Waals surface area contributed by atoms with Gasteiger partial charge in [-0.15, -0.1) is 0 Å². The van der Waals surface area contributed by atoms with E-state index in [1.165, 1.54) is 0 Å². The molecule has 0 saturated carbocycles. The largest absolute Gasteiger partial charge is 0.494 e. The molecule has 138 valence electrons. The molecular formula is C18H24BrNO5. The Kier molecular flexibility index (Phi) is 8.04. The van der Waals surface area contributed by atoms with Gasteiger partial charge in [-0.1, -0.05) is 15.9 Å². The van der Waals surface area contributed by atoms with Crippen molar-refractivity contribution in [3.8, 4) is 5.75 Å². The number of carbonyl (C=O) groups excluding carboxylic acids is 2. The predicted octanol–water partition coefficient (Wildman–Crippen LogP) is 3.63. The van der Waals surface area contributed by atoms with Crippen LogP contribution in [0.25, 0.3) is 0 Å². The van der Waals surface area contributed by atoms with Crippen molar-refractivity contribution in [3.05, 3.63) is 28.7 Å². The zero-order chi connectivity index (χ0) is 18.1. The lowest BCUT2D eigenvalue weighted by atomic mass is 9.94. The van der Waals surface area contributed by atoms with Crippen LogP contribution in [0.15, 0.2) is 28.7 Å². The van der Waals surface area contributed by atoms with Crippen molar-refractivity contribution in [2.24, 2.45) is 5.92 Å². The van der Waals surface area contributed by atoms with E-state index in [-0.39, 0.29) is 13.2 Å². The molecule has 0 unspecified atom stereocenters. The number of benzene rings is 1. The number of likely N-dealkylation sites (tertiary alicyclic amines) is 1. The quantitative estimate of drug-likeness (QED) is 0.638. The smallest absolute Gasteiger partial charge is 0.410 e. The number of hydrogen-bond acceptors (Lipinski definition) is 5. The molecular weight excluding hydrogens is 390 g/mol. The molecule has 0 atom stereocenters. The van der Waals surface area contributed by atoms with Crippen LogP contribution in [0.4, 0.5) is 4.79 Å². The number of carbonyl (C=O) groups is 2. The highest BCUT2D eigenvalue weighted by Crippen LogP contribution is 2.22. The molecule has 0 N–H and O–H groups in total. The van der Waals surface area contributed by atoms with E-state index in [1.807, 2.05) is 24.3 Å². The fourth-order valence-electron chi connectivity index (χ4n) is 2.69. The summed E-state index contributed by atoms with van der Waals surface area (Å²) in [5.41, 5.74) is 0. The normalized spacial score (nSPS) is 14.9. The molecule has 0 bridgehead atoms. The van der Waals surface area contributed by atoms with Gasteiger partial charge in [0.25, 0.3) is 0 Å². The highest BCUT2D eigenvalue weighted by Gasteiger charge is 2.24. The number of hydrogen-bond donors (Lipinski definition) is 0. The zero-order valence-electron chi connectivity index (χ0n) is 14.4. The van der Waals surface area contributed by atoms with Crippen molar-refractivity contribution >= 4 is 28.0 Å². The minimum atomic E-state index is -0.518. The Morgan fingerprint density at radius 2 is 1.84 bits per heavy atom. The lowest BCUT2D eigenvalue weighted by Gasteiger charge is -2.31. The Morgan fingerprint density at radius 3 is 2.48 bits per heavy atom. The summed E-state index contributed by atoms with van der Waals surface area (Å²) in [4.78, 5) is 24.8. The van der Waals surface area contributed by atoms with Crippen LogP contribution < -0.4 is 4.74 Å². The molecule has 1 amide bonds. The molecule has 1 aliphatic rings. The van der Waals surface area contributed by atoms with Crippen LogP contribution in [0.1, 0.15) is 26.2 Å². The molecule has 7 heteroatoms. The van der Waals surface area contributed by atoms with Crippen LogP contribution in [0.5, 0.6) is 5.75 Å². The minimum absolute atomic E-state index is 0.282. The first kappa shape index (κ1) is 19.6. The van der Waals surface area contributed by atoms with Crippen LogP contribution in [0, 0.1) is 5.92 Å². The van der Waals surface area contributed by atoms with Crippen molar-refractivity contribution in [3.63, 3.8) is 0 Å². The van der Waals surface area contributed by atoms with Crippen LogP contribution in [0.3, 0.4) is 0 Å². The monoisotopic (exact) mass is 413 g/mol. The predicted molar refractivity (Wildman–Crippen MR) is 96.5 cm³/mol. The number of piperidine rings is 1. The average molecular weight is 414 g/mol. The first-order chi connectivity index (χ1) is 12.1. The van der Waals surface area contributed by atoms with Crippen molar-refractivity contribution in [2.75, 3.05) is 32.9 Å². The molecule has 1 saturated heterocycles. The molecule has 1 aliphatic heterocycles. The molecule has 1 aromatic carbocycles. The summed E-state index contributed by atoms with van der Waals surface area (Å²) in [6.07, 6.45) is 2.34.